The Kier molecular flexibility index (Phi) is 4.89. The molecule has 1 fully saturated rings. The molecule has 32 heavy (non-hydrogen) atoms. The molecule has 2 atom stereocenters. The molecular weight excluding hydrogens is 406 g/mol. The van der Waals surface area contributed by atoms with Gasteiger partial charge in [-0.3, -0.25) is 4.68 Å². The zero-order valence-corrected chi connectivity index (χ0v) is 19.3. The van der Waals surface area contributed by atoms with Gasteiger partial charge >= 0.3 is 0 Å². The van der Waals surface area contributed by atoms with Crippen molar-refractivity contribution < 1.29 is 4.74 Å². The van der Waals surface area contributed by atoms with E-state index in [0.29, 0.717) is 29.6 Å². The van der Waals surface area contributed by atoms with Gasteiger partial charge in [-0.05, 0) is 39.3 Å². The van der Waals surface area contributed by atoms with Crippen molar-refractivity contribution in [2.45, 2.75) is 39.8 Å². The fourth-order valence-electron chi connectivity index (χ4n) is 4.57. The van der Waals surface area contributed by atoms with E-state index in [9.17, 15) is 0 Å². The van der Waals surface area contributed by atoms with Gasteiger partial charge < -0.3 is 20.3 Å². The first kappa shape index (κ1) is 20.5. The van der Waals surface area contributed by atoms with Crippen LogP contribution in [0.1, 0.15) is 25.1 Å². The molecule has 168 valence electrons. The highest BCUT2D eigenvalue weighted by molar-refractivity contribution is 5.97. The van der Waals surface area contributed by atoms with E-state index in [1.165, 1.54) is 0 Å². The topological polar surface area (TPSA) is 97.4 Å². The van der Waals surface area contributed by atoms with Gasteiger partial charge in [0.1, 0.15) is 11.2 Å². The summed E-state index contributed by atoms with van der Waals surface area (Å²) in [7, 11) is 3.58. The molecule has 1 saturated heterocycles. The van der Waals surface area contributed by atoms with E-state index in [0.717, 1.165) is 46.7 Å². The monoisotopic (exact) mass is 435 g/mol. The van der Waals surface area contributed by atoms with Gasteiger partial charge in [-0.2, -0.15) is 10.1 Å². The molecule has 10 heteroatoms. The third-order valence-electron chi connectivity index (χ3n) is 5.84. The summed E-state index contributed by atoms with van der Waals surface area (Å²) in [5.74, 6) is 2.78. The predicted molar refractivity (Wildman–Crippen MR) is 125 cm³/mol. The summed E-state index contributed by atoms with van der Waals surface area (Å²) in [6.45, 7) is 10.2. The van der Waals surface area contributed by atoms with Gasteiger partial charge in [0.15, 0.2) is 17.3 Å². The van der Waals surface area contributed by atoms with Gasteiger partial charge in [0, 0.05) is 38.3 Å². The summed E-state index contributed by atoms with van der Waals surface area (Å²) >= 11 is 0. The van der Waals surface area contributed by atoms with Gasteiger partial charge in [-0.15, -0.1) is 5.10 Å². The minimum absolute atomic E-state index is 0.391. The van der Waals surface area contributed by atoms with Crippen molar-refractivity contribution in [3.8, 4) is 5.88 Å². The second-order valence-corrected chi connectivity index (χ2v) is 8.72. The molecule has 1 aliphatic rings. The fourth-order valence-corrected chi connectivity index (χ4v) is 4.57. The Morgan fingerprint density at radius 3 is 2.56 bits per heavy atom. The van der Waals surface area contributed by atoms with Crippen LogP contribution in [0.3, 0.4) is 0 Å². The molecular formula is C22H29N9O. The Bertz CT molecular complexity index is 1300. The van der Waals surface area contributed by atoms with Crippen LogP contribution in [-0.2, 0) is 7.05 Å². The number of hydrogen-bond acceptors (Lipinski definition) is 8. The number of anilines is 3. The maximum absolute atomic E-state index is 5.72. The second-order valence-electron chi connectivity index (χ2n) is 8.72. The Morgan fingerprint density at radius 1 is 1.09 bits per heavy atom. The molecule has 0 aliphatic carbocycles. The molecule has 0 saturated carbocycles. The van der Waals surface area contributed by atoms with Crippen molar-refractivity contribution in [3.63, 3.8) is 0 Å². The Balaban J connectivity index is 1.56. The number of aromatic nitrogens is 6. The van der Waals surface area contributed by atoms with Gasteiger partial charge in [0.2, 0.25) is 5.88 Å². The molecule has 0 bridgehead atoms. The summed E-state index contributed by atoms with van der Waals surface area (Å²) in [4.78, 5) is 11.7. The van der Waals surface area contributed by atoms with E-state index in [4.69, 9.17) is 14.8 Å². The Labute approximate surface area is 186 Å². The van der Waals surface area contributed by atoms with Crippen LogP contribution in [0.5, 0.6) is 5.88 Å². The minimum atomic E-state index is 0.391. The number of aryl methyl sites for hydroxylation is 3. The van der Waals surface area contributed by atoms with E-state index in [-0.39, 0.29) is 0 Å². The summed E-state index contributed by atoms with van der Waals surface area (Å²) in [6, 6.07) is 4.84. The number of imidazole rings is 1. The largest absolute Gasteiger partial charge is 0.480 e. The maximum Gasteiger partial charge on any atom is 0.228 e. The van der Waals surface area contributed by atoms with Crippen molar-refractivity contribution >= 4 is 34.0 Å². The van der Waals surface area contributed by atoms with Gasteiger partial charge in [0.25, 0.3) is 0 Å². The predicted octanol–water partition coefficient (Wildman–Crippen LogP) is 2.57. The van der Waals surface area contributed by atoms with Gasteiger partial charge in [-0.1, -0.05) is 0 Å². The van der Waals surface area contributed by atoms with E-state index in [2.05, 4.69) is 45.5 Å². The molecule has 1 aliphatic heterocycles. The zero-order valence-electron chi connectivity index (χ0n) is 19.3. The van der Waals surface area contributed by atoms with Crippen LogP contribution in [0.25, 0.3) is 16.6 Å². The standard InChI is InChI=1S/C22H29N9O/c1-12-7-17(27-31-11-15(4)24-21(12)31)25-20-19-16(29(5)28-20)8-18(26-22(19)32-6)30-9-13(2)23-14(3)10-30/h7-8,11,13-14,23H,9-10H2,1-6H3,(H,25,27,28)/t13-,14+. The van der Waals surface area contributed by atoms with Crippen LogP contribution in [0, 0.1) is 13.8 Å². The SMILES string of the molecule is COc1nc(N2C[C@@H](C)N[C@@H](C)C2)cc2c1c(Nc1cc(C)c3nc(C)cn3n1)nn2C. The molecule has 10 nitrogen and oxygen atoms in total. The molecule has 5 rings (SSSR count). The number of piperazine rings is 1. The number of ether oxygens (including phenoxy) is 1. The molecule has 0 amide bonds. The lowest BCUT2D eigenvalue weighted by Gasteiger charge is -2.37. The normalized spacial score (nSPS) is 19.1. The number of methoxy groups -OCH3 is 1. The van der Waals surface area contributed by atoms with Crippen molar-refractivity contribution in [3.05, 3.63) is 29.6 Å². The van der Waals surface area contributed by atoms with Gasteiger partial charge in [0.05, 0.1) is 24.5 Å². The third-order valence-corrected chi connectivity index (χ3v) is 5.84. The average molecular weight is 436 g/mol. The highest BCUT2D eigenvalue weighted by Gasteiger charge is 2.25. The molecule has 0 aromatic carbocycles. The van der Waals surface area contributed by atoms with Crippen molar-refractivity contribution in [2.24, 2.45) is 7.05 Å². The Hall–Kier alpha value is -3.40. The van der Waals surface area contributed by atoms with Gasteiger partial charge in [-0.25, -0.2) is 9.50 Å². The van der Waals surface area contributed by atoms with E-state index < -0.39 is 0 Å². The maximum atomic E-state index is 5.72. The van der Waals surface area contributed by atoms with Crippen molar-refractivity contribution in [2.75, 3.05) is 30.4 Å². The average Bonchev–Trinajstić information content (AvgIpc) is 3.26. The first-order chi connectivity index (χ1) is 15.3. The Morgan fingerprint density at radius 2 is 1.84 bits per heavy atom. The summed E-state index contributed by atoms with van der Waals surface area (Å²) in [5.41, 5.74) is 3.76. The van der Waals surface area contributed by atoms with Crippen LogP contribution in [0.4, 0.5) is 17.5 Å². The van der Waals surface area contributed by atoms with Crippen LogP contribution >= 0.6 is 0 Å². The van der Waals surface area contributed by atoms with Crippen molar-refractivity contribution in [1.29, 1.82) is 0 Å². The lowest BCUT2D eigenvalue weighted by atomic mass is 10.1. The van der Waals surface area contributed by atoms with E-state index in [1.54, 1.807) is 11.6 Å². The lowest BCUT2D eigenvalue weighted by molar-refractivity contribution is 0.393. The first-order valence-electron chi connectivity index (χ1n) is 10.9. The smallest absolute Gasteiger partial charge is 0.228 e. The summed E-state index contributed by atoms with van der Waals surface area (Å²) < 4.78 is 9.36. The number of hydrogen-bond donors (Lipinski definition) is 2. The molecule has 0 spiro atoms. The lowest BCUT2D eigenvalue weighted by Crippen LogP contribution is -2.54. The minimum Gasteiger partial charge on any atom is -0.480 e. The molecule has 4 aromatic rings. The quantitative estimate of drug-likeness (QED) is 0.505. The highest BCUT2D eigenvalue weighted by Crippen LogP contribution is 2.35. The number of nitrogens with zero attached hydrogens (tertiary/aromatic N) is 7. The number of pyridine rings is 1. The molecule has 0 unspecified atom stereocenters. The second kappa shape index (κ2) is 7.63. The number of rotatable bonds is 4. The van der Waals surface area contributed by atoms with E-state index in [1.807, 2.05) is 37.8 Å². The number of fused-ring (bicyclic) bond motifs is 2. The molecule has 2 N–H and O–H groups in total. The molecule has 5 heterocycles. The zero-order chi connectivity index (χ0) is 22.6. The first-order valence-corrected chi connectivity index (χ1v) is 10.9. The molecule has 4 aromatic heterocycles. The van der Waals surface area contributed by atoms with Crippen LogP contribution in [-0.4, -0.2) is 61.6 Å². The van der Waals surface area contributed by atoms with Crippen LogP contribution < -0.4 is 20.3 Å². The summed E-state index contributed by atoms with van der Waals surface area (Å²) in [5, 5.41) is 17.1. The third kappa shape index (κ3) is 3.50. The van der Waals surface area contributed by atoms with Crippen LogP contribution in [0.2, 0.25) is 0 Å². The van der Waals surface area contributed by atoms with Crippen LogP contribution in [0.15, 0.2) is 18.3 Å². The van der Waals surface area contributed by atoms with E-state index >= 15 is 0 Å². The highest BCUT2D eigenvalue weighted by atomic mass is 16.5. The van der Waals surface area contributed by atoms with Crippen molar-refractivity contribution in [1.82, 2.24) is 34.7 Å². The number of nitrogens with one attached hydrogen (secondary N) is 2. The fraction of sp³-hybridized carbons (Fsp3) is 0.455. The summed E-state index contributed by atoms with van der Waals surface area (Å²) in [6.07, 6.45) is 1.91. The molecule has 0 radical (unpaired) electrons.